The molecule has 4 nitrogen and oxygen atoms in total. The van der Waals surface area contributed by atoms with Crippen molar-refractivity contribution in [3.63, 3.8) is 0 Å². The summed E-state index contributed by atoms with van der Waals surface area (Å²) in [5, 5.41) is 9.29. The molecule has 0 radical (unpaired) electrons. The Morgan fingerprint density at radius 3 is 1.92 bits per heavy atom. The molecule has 4 heteroatoms. The van der Waals surface area contributed by atoms with Crippen LogP contribution in [0.2, 0.25) is 0 Å². The van der Waals surface area contributed by atoms with E-state index in [0.717, 1.165) is 5.56 Å². The maximum Gasteiger partial charge on any atom is 0.185 e. The summed E-state index contributed by atoms with van der Waals surface area (Å²) in [7, 11) is 0. The first-order valence-electron chi connectivity index (χ1n) is 8.33. The Kier molecular flexibility index (Phi) is 6.23. The van der Waals surface area contributed by atoms with Gasteiger partial charge in [-0.15, -0.1) is 0 Å². The molecule has 0 bridgehead atoms. The molecular weight excluding hydrogens is 316 g/mol. The van der Waals surface area contributed by atoms with Crippen molar-refractivity contribution in [2.45, 2.75) is 39.9 Å². The fraction of sp³-hybridized carbons (Fsp3) is 0.286. The van der Waals surface area contributed by atoms with Gasteiger partial charge in [0.2, 0.25) is 0 Å². The van der Waals surface area contributed by atoms with Gasteiger partial charge in [0.05, 0.1) is 12.2 Å². The summed E-state index contributed by atoms with van der Waals surface area (Å²) in [4.78, 5) is 12.2. The average molecular weight is 340 g/mol. The van der Waals surface area contributed by atoms with Gasteiger partial charge in [-0.2, -0.15) is 0 Å². The van der Waals surface area contributed by atoms with Gasteiger partial charge in [0.1, 0.15) is 17.2 Å². The molecule has 1 N–H and O–H groups in total. The van der Waals surface area contributed by atoms with Gasteiger partial charge in [0.25, 0.3) is 0 Å². The predicted octanol–water partition coefficient (Wildman–Crippen LogP) is 4.86. The minimum atomic E-state index is -0.137. The Morgan fingerprint density at radius 2 is 1.44 bits per heavy atom. The quantitative estimate of drug-likeness (QED) is 0.577. The van der Waals surface area contributed by atoms with Crippen LogP contribution in [0.5, 0.6) is 17.2 Å². The SMILES string of the molecule is CC(C)Oc1cc(/C=C/C(=O)c2ccc(O)cc2)cc(OC(C)C)c1. The highest BCUT2D eigenvalue weighted by Gasteiger charge is 2.06. The molecule has 0 aliphatic carbocycles. The first-order chi connectivity index (χ1) is 11.8. The lowest BCUT2D eigenvalue weighted by atomic mass is 10.1. The van der Waals surface area contributed by atoms with Crippen molar-refractivity contribution >= 4 is 11.9 Å². The van der Waals surface area contributed by atoms with Crippen LogP contribution in [0.15, 0.2) is 48.5 Å². The second-order valence-electron chi connectivity index (χ2n) is 6.32. The number of hydrogen-bond acceptors (Lipinski definition) is 4. The molecule has 2 rings (SSSR count). The number of aromatic hydroxyl groups is 1. The summed E-state index contributed by atoms with van der Waals surface area (Å²) >= 11 is 0. The van der Waals surface area contributed by atoms with Gasteiger partial charge in [-0.1, -0.05) is 6.08 Å². The van der Waals surface area contributed by atoms with E-state index in [9.17, 15) is 9.90 Å². The number of ether oxygens (including phenoxy) is 2. The monoisotopic (exact) mass is 340 g/mol. The molecule has 0 amide bonds. The minimum absolute atomic E-state index is 0.0461. The zero-order valence-electron chi connectivity index (χ0n) is 15.0. The van der Waals surface area contributed by atoms with Crippen LogP contribution in [-0.4, -0.2) is 23.1 Å². The van der Waals surface area contributed by atoms with E-state index in [-0.39, 0.29) is 23.7 Å². The normalized spacial score (nSPS) is 11.3. The van der Waals surface area contributed by atoms with E-state index < -0.39 is 0 Å². The maximum atomic E-state index is 12.2. The molecule has 0 saturated heterocycles. The van der Waals surface area contributed by atoms with Crippen LogP contribution < -0.4 is 9.47 Å². The Labute approximate surface area is 148 Å². The summed E-state index contributed by atoms with van der Waals surface area (Å²) in [6.07, 6.45) is 3.32. The Morgan fingerprint density at radius 1 is 0.920 bits per heavy atom. The molecule has 25 heavy (non-hydrogen) atoms. The van der Waals surface area contributed by atoms with E-state index in [2.05, 4.69) is 0 Å². The topological polar surface area (TPSA) is 55.8 Å². The molecule has 2 aromatic carbocycles. The molecule has 2 aromatic rings. The lowest BCUT2D eigenvalue weighted by Gasteiger charge is -2.14. The molecule has 132 valence electrons. The molecule has 0 heterocycles. The molecule has 0 aliphatic heterocycles. The number of rotatable bonds is 7. The number of ketones is 1. The van der Waals surface area contributed by atoms with Crippen LogP contribution in [0.25, 0.3) is 6.08 Å². The van der Waals surface area contributed by atoms with Gasteiger partial charge in [-0.3, -0.25) is 4.79 Å². The van der Waals surface area contributed by atoms with Crippen LogP contribution in [-0.2, 0) is 0 Å². The number of carbonyl (C=O) groups excluding carboxylic acids is 1. The maximum absolute atomic E-state index is 12.2. The number of benzene rings is 2. The van der Waals surface area contributed by atoms with E-state index in [0.29, 0.717) is 17.1 Å². The van der Waals surface area contributed by atoms with Gasteiger partial charge in [-0.05, 0) is 75.7 Å². The highest BCUT2D eigenvalue weighted by atomic mass is 16.5. The fourth-order valence-electron chi connectivity index (χ4n) is 2.26. The second kappa shape index (κ2) is 8.38. The van der Waals surface area contributed by atoms with E-state index in [4.69, 9.17) is 9.47 Å². The second-order valence-corrected chi connectivity index (χ2v) is 6.32. The Hall–Kier alpha value is -2.75. The Bertz CT molecular complexity index is 715. The zero-order chi connectivity index (χ0) is 18.4. The van der Waals surface area contributed by atoms with Gasteiger partial charge >= 0.3 is 0 Å². The predicted molar refractivity (Wildman–Crippen MR) is 99.4 cm³/mol. The summed E-state index contributed by atoms with van der Waals surface area (Å²) in [5.41, 5.74) is 1.34. The molecule has 0 spiro atoms. The third-order valence-electron chi connectivity index (χ3n) is 3.22. The number of phenolic OH excluding ortho intramolecular Hbond substituents is 1. The van der Waals surface area contributed by atoms with Crippen molar-refractivity contribution in [3.8, 4) is 17.2 Å². The summed E-state index contributed by atoms with van der Waals surface area (Å²) < 4.78 is 11.5. The third kappa shape index (κ3) is 5.99. The van der Waals surface area contributed by atoms with Crippen molar-refractivity contribution in [2.24, 2.45) is 0 Å². The van der Waals surface area contributed by atoms with Gasteiger partial charge in [0.15, 0.2) is 5.78 Å². The number of hydrogen-bond donors (Lipinski definition) is 1. The molecule has 0 saturated carbocycles. The number of phenols is 1. The first kappa shape index (κ1) is 18.6. The number of carbonyl (C=O) groups is 1. The van der Waals surface area contributed by atoms with Crippen LogP contribution >= 0.6 is 0 Å². The molecule has 0 aliphatic rings. The van der Waals surface area contributed by atoms with Crippen molar-refractivity contribution in [2.75, 3.05) is 0 Å². The largest absolute Gasteiger partial charge is 0.508 e. The standard InChI is InChI=1S/C21H24O4/c1-14(2)24-19-11-16(12-20(13-19)25-15(3)4)5-10-21(23)17-6-8-18(22)9-7-17/h5-15,22H,1-4H3/b10-5+. The van der Waals surface area contributed by atoms with Crippen LogP contribution in [0.1, 0.15) is 43.6 Å². The third-order valence-corrected chi connectivity index (χ3v) is 3.22. The molecule has 0 aromatic heterocycles. The molecule has 0 fully saturated rings. The van der Waals surface area contributed by atoms with Crippen molar-refractivity contribution in [3.05, 3.63) is 59.7 Å². The lowest BCUT2D eigenvalue weighted by molar-refractivity contribution is 0.104. The molecular formula is C21H24O4. The minimum Gasteiger partial charge on any atom is -0.508 e. The highest BCUT2D eigenvalue weighted by Crippen LogP contribution is 2.26. The van der Waals surface area contributed by atoms with Crippen molar-refractivity contribution < 1.29 is 19.4 Å². The zero-order valence-corrected chi connectivity index (χ0v) is 15.0. The lowest BCUT2D eigenvalue weighted by Crippen LogP contribution is -2.08. The fourth-order valence-corrected chi connectivity index (χ4v) is 2.26. The summed E-state index contributed by atoms with van der Waals surface area (Å²) in [6, 6.07) is 11.8. The Balaban J connectivity index is 2.23. The van der Waals surface area contributed by atoms with E-state index >= 15 is 0 Å². The van der Waals surface area contributed by atoms with Gasteiger partial charge in [-0.25, -0.2) is 0 Å². The average Bonchev–Trinajstić information content (AvgIpc) is 2.51. The van der Waals surface area contributed by atoms with Crippen molar-refractivity contribution in [1.29, 1.82) is 0 Å². The first-order valence-corrected chi connectivity index (χ1v) is 8.33. The van der Waals surface area contributed by atoms with Gasteiger partial charge in [0, 0.05) is 11.6 Å². The van der Waals surface area contributed by atoms with Crippen LogP contribution in [0, 0.1) is 0 Å². The molecule has 0 atom stereocenters. The van der Waals surface area contributed by atoms with Crippen molar-refractivity contribution in [1.82, 2.24) is 0 Å². The van der Waals surface area contributed by atoms with E-state index in [1.54, 1.807) is 18.2 Å². The van der Waals surface area contributed by atoms with Crippen LogP contribution in [0.4, 0.5) is 0 Å². The highest BCUT2D eigenvalue weighted by molar-refractivity contribution is 6.06. The smallest absolute Gasteiger partial charge is 0.185 e. The van der Waals surface area contributed by atoms with E-state index in [1.807, 2.05) is 45.9 Å². The number of allylic oxidation sites excluding steroid dienone is 1. The molecule has 0 unspecified atom stereocenters. The summed E-state index contributed by atoms with van der Waals surface area (Å²) in [6.45, 7) is 7.83. The van der Waals surface area contributed by atoms with Gasteiger partial charge < -0.3 is 14.6 Å². The van der Waals surface area contributed by atoms with Crippen LogP contribution in [0.3, 0.4) is 0 Å². The summed E-state index contributed by atoms with van der Waals surface area (Å²) in [5.74, 6) is 1.39. The van der Waals surface area contributed by atoms with E-state index in [1.165, 1.54) is 18.2 Å².